The number of hydrogen-bond acceptors (Lipinski definition) is 8. The predicted octanol–water partition coefficient (Wildman–Crippen LogP) is 1.99. The normalized spacial score (nSPS) is 20.6. The Balaban J connectivity index is 1.30. The summed E-state index contributed by atoms with van der Waals surface area (Å²) in [5.74, 6) is 1.33. The second-order valence-electron chi connectivity index (χ2n) is 8.80. The van der Waals surface area contributed by atoms with Crippen LogP contribution in [0.3, 0.4) is 0 Å². The van der Waals surface area contributed by atoms with Gasteiger partial charge in [-0.2, -0.15) is 4.98 Å². The SMILES string of the molecule is CC(C)(C)c1nc(CN2CCCN(C(=O)C3CC(c4cccnc4)=NO3)CC2)no1. The molecule has 160 valence electrons. The molecule has 9 heteroatoms. The van der Waals surface area contributed by atoms with Gasteiger partial charge in [-0.25, -0.2) is 0 Å². The van der Waals surface area contributed by atoms with Crippen LogP contribution in [0.5, 0.6) is 0 Å². The highest BCUT2D eigenvalue weighted by Crippen LogP contribution is 2.21. The van der Waals surface area contributed by atoms with Gasteiger partial charge in [-0.05, 0) is 18.6 Å². The van der Waals surface area contributed by atoms with Gasteiger partial charge in [0.1, 0.15) is 0 Å². The van der Waals surface area contributed by atoms with E-state index in [0.717, 1.165) is 30.8 Å². The van der Waals surface area contributed by atoms with E-state index in [9.17, 15) is 4.79 Å². The monoisotopic (exact) mass is 412 g/mol. The lowest BCUT2D eigenvalue weighted by Crippen LogP contribution is -2.41. The zero-order chi connectivity index (χ0) is 21.1. The van der Waals surface area contributed by atoms with Crippen LogP contribution in [0.2, 0.25) is 0 Å². The van der Waals surface area contributed by atoms with Crippen LogP contribution < -0.4 is 0 Å². The Kier molecular flexibility index (Phi) is 5.80. The fraction of sp³-hybridized carbons (Fsp3) is 0.571. The van der Waals surface area contributed by atoms with E-state index in [4.69, 9.17) is 9.36 Å². The first-order valence-electron chi connectivity index (χ1n) is 10.4. The zero-order valence-electron chi connectivity index (χ0n) is 17.7. The quantitative estimate of drug-likeness (QED) is 0.757. The Morgan fingerprint density at radius 2 is 2.10 bits per heavy atom. The van der Waals surface area contributed by atoms with Crippen LogP contribution in [0, 0.1) is 0 Å². The van der Waals surface area contributed by atoms with Gasteiger partial charge in [-0.1, -0.05) is 31.1 Å². The van der Waals surface area contributed by atoms with E-state index in [0.29, 0.717) is 37.8 Å². The second kappa shape index (κ2) is 8.51. The summed E-state index contributed by atoms with van der Waals surface area (Å²) in [7, 11) is 0. The number of aromatic nitrogens is 3. The third-order valence-electron chi connectivity index (χ3n) is 5.31. The first-order valence-corrected chi connectivity index (χ1v) is 10.4. The Bertz CT molecular complexity index is 905. The van der Waals surface area contributed by atoms with E-state index >= 15 is 0 Å². The Hall–Kier alpha value is -2.81. The molecule has 1 unspecified atom stereocenters. The van der Waals surface area contributed by atoms with Gasteiger partial charge >= 0.3 is 0 Å². The molecule has 1 fully saturated rings. The predicted molar refractivity (Wildman–Crippen MR) is 110 cm³/mol. The Morgan fingerprint density at radius 1 is 1.23 bits per heavy atom. The highest BCUT2D eigenvalue weighted by molar-refractivity contribution is 6.03. The number of hydrogen-bond donors (Lipinski definition) is 0. The molecule has 0 aliphatic carbocycles. The van der Waals surface area contributed by atoms with Crippen molar-refractivity contribution in [2.75, 3.05) is 26.2 Å². The average molecular weight is 412 g/mol. The van der Waals surface area contributed by atoms with E-state index in [1.54, 1.807) is 12.4 Å². The first-order chi connectivity index (χ1) is 14.4. The number of carbonyl (C=O) groups is 1. The minimum absolute atomic E-state index is 0.00549. The molecule has 0 N–H and O–H groups in total. The molecule has 0 aromatic carbocycles. The summed E-state index contributed by atoms with van der Waals surface area (Å²) in [6.45, 7) is 9.76. The van der Waals surface area contributed by atoms with Crippen molar-refractivity contribution in [2.24, 2.45) is 5.16 Å². The van der Waals surface area contributed by atoms with Crippen molar-refractivity contribution in [3.05, 3.63) is 41.8 Å². The molecule has 2 aliphatic heterocycles. The molecule has 0 bridgehead atoms. The molecule has 1 amide bonds. The lowest BCUT2D eigenvalue weighted by molar-refractivity contribution is -0.141. The summed E-state index contributed by atoms with van der Waals surface area (Å²) in [5, 5.41) is 8.22. The molecule has 4 heterocycles. The fourth-order valence-electron chi connectivity index (χ4n) is 3.59. The van der Waals surface area contributed by atoms with E-state index in [2.05, 4.69) is 25.2 Å². The minimum Gasteiger partial charge on any atom is -0.382 e. The number of oxime groups is 1. The van der Waals surface area contributed by atoms with Gasteiger partial charge in [0.25, 0.3) is 5.91 Å². The number of carbonyl (C=O) groups excluding carboxylic acids is 1. The lowest BCUT2D eigenvalue weighted by Gasteiger charge is -2.23. The van der Waals surface area contributed by atoms with Gasteiger partial charge in [-0.3, -0.25) is 14.7 Å². The van der Waals surface area contributed by atoms with Crippen LogP contribution >= 0.6 is 0 Å². The van der Waals surface area contributed by atoms with Crippen molar-refractivity contribution in [3.8, 4) is 0 Å². The van der Waals surface area contributed by atoms with Gasteiger partial charge in [-0.15, -0.1) is 0 Å². The molecule has 0 spiro atoms. The highest BCUT2D eigenvalue weighted by Gasteiger charge is 2.33. The zero-order valence-corrected chi connectivity index (χ0v) is 17.7. The molecule has 1 saturated heterocycles. The summed E-state index contributed by atoms with van der Waals surface area (Å²) in [6.07, 6.45) is 4.26. The van der Waals surface area contributed by atoms with Crippen LogP contribution in [0.15, 0.2) is 34.2 Å². The van der Waals surface area contributed by atoms with Crippen molar-refractivity contribution in [1.29, 1.82) is 0 Å². The van der Waals surface area contributed by atoms with Gasteiger partial charge < -0.3 is 14.3 Å². The van der Waals surface area contributed by atoms with Crippen molar-refractivity contribution in [1.82, 2.24) is 24.9 Å². The molecule has 2 aromatic rings. The molecule has 9 nitrogen and oxygen atoms in total. The lowest BCUT2D eigenvalue weighted by atomic mass is 9.97. The molecule has 4 rings (SSSR count). The van der Waals surface area contributed by atoms with Crippen LogP contribution in [0.25, 0.3) is 0 Å². The number of nitrogens with zero attached hydrogens (tertiary/aromatic N) is 6. The van der Waals surface area contributed by atoms with Crippen molar-refractivity contribution in [3.63, 3.8) is 0 Å². The Labute approximate surface area is 176 Å². The van der Waals surface area contributed by atoms with Gasteiger partial charge in [0.2, 0.25) is 12.0 Å². The summed E-state index contributed by atoms with van der Waals surface area (Å²) < 4.78 is 5.39. The van der Waals surface area contributed by atoms with Crippen molar-refractivity contribution >= 4 is 11.6 Å². The van der Waals surface area contributed by atoms with Crippen LogP contribution in [0.1, 0.15) is 50.9 Å². The standard InChI is InChI=1S/C21H28N6O3/c1-21(2,3)20-23-18(25-30-20)14-26-8-5-9-27(11-10-26)19(28)17-12-16(24-29-17)15-6-4-7-22-13-15/h4,6-7,13,17H,5,8-12,14H2,1-3H3. The maximum Gasteiger partial charge on any atom is 0.266 e. The van der Waals surface area contributed by atoms with Gasteiger partial charge in [0.05, 0.1) is 12.3 Å². The summed E-state index contributed by atoms with van der Waals surface area (Å²) in [5.41, 5.74) is 1.50. The molecular formula is C21H28N6O3. The topological polar surface area (TPSA) is 97.0 Å². The van der Waals surface area contributed by atoms with Crippen LogP contribution in [0.4, 0.5) is 0 Å². The maximum atomic E-state index is 13.0. The summed E-state index contributed by atoms with van der Waals surface area (Å²) in [4.78, 5) is 31.2. The van der Waals surface area contributed by atoms with Crippen LogP contribution in [-0.4, -0.2) is 68.8 Å². The first kappa shape index (κ1) is 20.5. The molecule has 30 heavy (non-hydrogen) atoms. The Morgan fingerprint density at radius 3 is 2.83 bits per heavy atom. The highest BCUT2D eigenvalue weighted by atomic mass is 16.6. The average Bonchev–Trinajstić information content (AvgIpc) is 3.35. The van der Waals surface area contributed by atoms with Gasteiger partial charge in [0.15, 0.2) is 5.82 Å². The van der Waals surface area contributed by atoms with Crippen molar-refractivity contribution < 1.29 is 14.2 Å². The van der Waals surface area contributed by atoms with E-state index in [1.165, 1.54) is 0 Å². The molecule has 2 aromatic heterocycles. The molecule has 2 aliphatic rings. The summed E-state index contributed by atoms with van der Waals surface area (Å²) in [6, 6.07) is 3.78. The minimum atomic E-state index is -0.557. The van der Waals surface area contributed by atoms with Crippen LogP contribution in [-0.2, 0) is 21.6 Å². The molecular weight excluding hydrogens is 384 g/mol. The molecule has 0 saturated carbocycles. The largest absolute Gasteiger partial charge is 0.382 e. The van der Waals surface area contributed by atoms with E-state index in [1.807, 2.05) is 37.8 Å². The van der Waals surface area contributed by atoms with E-state index in [-0.39, 0.29) is 11.3 Å². The smallest absolute Gasteiger partial charge is 0.266 e. The van der Waals surface area contributed by atoms with Gasteiger partial charge in [0, 0.05) is 56.0 Å². The molecule has 0 radical (unpaired) electrons. The maximum absolute atomic E-state index is 13.0. The molecule has 1 atom stereocenters. The van der Waals surface area contributed by atoms with Crippen molar-refractivity contribution in [2.45, 2.75) is 51.7 Å². The second-order valence-corrected chi connectivity index (χ2v) is 8.80. The van der Waals surface area contributed by atoms with E-state index < -0.39 is 6.10 Å². The number of pyridine rings is 1. The third kappa shape index (κ3) is 4.67. The number of rotatable bonds is 4. The summed E-state index contributed by atoms with van der Waals surface area (Å²) >= 11 is 0. The third-order valence-corrected chi connectivity index (χ3v) is 5.31. The number of amides is 1. The fourth-order valence-corrected chi connectivity index (χ4v) is 3.59.